The number of anilines is 2. The van der Waals surface area contributed by atoms with Crippen LogP contribution in [0.3, 0.4) is 0 Å². The molecule has 0 bridgehead atoms. The van der Waals surface area contributed by atoms with Crippen molar-refractivity contribution in [3.8, 4) is 0 Å². The van der Waals surface area contributed by atoms with Crippen LogP contribution in [0, 0.1) is 5.92 Å². The summed E-state index contributed by atoms with van der Waals surface area (Å²) in [7, 11) is 0. The first-order chi connectivity index (χ1) is 9.15. The number of nitrogens with one attached hydrogen (secondary N) is 1. The summed E-state index contributed by atoms with van der Waals surface area (Å²) in [5.41, 5.74) is 8.27. The molecule has 0 atom stereocenters. The first-order valence-electron chi connectivity index (χ1n) is 7.08. The Bertz CT molecular complexity index is 451. The molecule has 1 aliphatic rings. The van der Waals surface area contributed by atoms with Gasteiger partial charge in [-0.05, 0) is 50.8 Å². The van der Waals surface area contributed by atoms with Crippen molar-refractivity contribution in [2.45, 2.75) is 26.7 Å². The van der Waals surface area contributed by atoms with Gasteiger partial charge in [0.1, 0.15) is 0 Å². The summed E-state index contributed by atoms with van der Waals surface area (Å²) >= 11 is 0. The van der Waals surface area contributed by atoms with E-state index in [1.807, 2.05) is 26.0 Å². The number of nitrogen functional groups attached to an aromatic ring is 1. The lowest BCUT2D eigenvalue weighted by atomic mass is 10.1. The fraction of sp³-hybridized carbons (Fsp3) is 0.533. The Kier molecular flexibility index (Phi) is 4.30. The molecule has 0 saturated heterocycles. The molecule has 3 N–H and O–H groups in total. The quantitative estimate of drug-likeness (QED) is 0.774. The third-order valence-corrected chi connectivity index (χ3v) is 3.63. The zero-order valence-electron chi connectivity index (χ0n) is 11.8. The first-order valence-corrected chi connectivity index (χ1v) is 7.08. The lowest BCUT2D eigenvalue weighted by Crippen LogP contribution is -2.30. The monoisotopic (exact) mass is 261 g/mol. The smallest absolute Gasteiger partial charge is 0.253 e. The summed E-state index contributed by atoms with van der Waals surface area (Å²) in [4.78, 5) is 14.0. The van der Waals surface area contributed by atoms with E-state index in [9.17, 15) is 4.79 Å². The van der Waals surface area contributed by atoms with E-state index in [1.54, 1.807) is 11.0 Å². The van der Waals surface area contributed by atoms with Crippen LogP contribution in [0.4, 0.5) is 11.4 Å². The van der Waals surface area contributed by atoms with Crippen LogP contribution < -0.4 is 11.1 Å². The van der Waals surface area contributed by atoms with Crippen LogP contribution in [0.25, 0.3) is 0 Å². The maximum atomic E-state index is 12.2. The lowest BCUT2D eigenvalue weighted by molar-refractivity contribution is 0.0773. The second-order valence-corrected chi connectivity index (χ2v) is 5.10. The van der Waals surface area contributed by atoms with Gasteiger partial charge in [0.15, 0.2) is 0 Å². The number of amides is 1. The van der Waals surface area contributed by atoms with Crippen molar-refractivity contribution in [2.75, 3.05) is 30.7 Å². The predicted octanol–water partition coefficient (Wildman–Crippen LogP) is 2.57. The molecule has 0 heterocycles. The Morgan fingerprint density at radius 2 is 2.05 bits per heavy atom. The maximum Gasteiger partial charge on any atom is 0.253 e. The Morgan fingerprint density at radius 1 is 1.37 bits per heavy atom. The van der Waals surface area contributed by atoms with Crippen molar-refractivity contribution in [3.63, 3.8) is 0 Å². The molecule has 0 unspecified atom stereocenters. The molecule has 0 aliphatic heterocycles. The predicted molar refractivity (Wildman–Crippen MR) is 79.3 cm³/mol. The van der Waals surface area contributed by atoms with Crippen molar-refractivity contribution in [3.05, 3.63) is 23.8 Å². The normalized spacial score (nSPS) is 14.2. The zero-order valence-corrected chi connectivity index (χ0v) is 11.8. The van der Waals surface area contributed by atoms with Crippen molar-refractivity contribution >= 4 is 17.3 Å². The molecule has 1 fully saturated rings. The van der Waals surface area contributed by atoms with Gasteiger partial charge < -0.3 is 16.0 Å². The standard InChI is InChI=1S/C15H23N3O/c1-3-18(4-2)15(19)12-7-8-14(13(16)9-12)17-10-11-5-6-11/h7-9,11,17H,3-6,10,16H2,1-2H3. The Labute approximate surface area is 115 Å². The summed E-state index contributed by atoms with van der Waals surface area (Å²) in [5, 5.41) is 3.35. The minimum Gasteiger partial charge on any atom is -0.397 e. The van der Waals surface area contributed by atoms with Crippen molar-refractivity contribution in [2.24, 2.45) is 5.92 Å². The number of hydrogen-bond donors (Lipinski definition) is 2. The van der Waals surface area contributed by atoms with E-state index >= 15 is 0 Å². The second-order valence-electron chi connectivity index (χ2n) is 5.10. The molecule has 19 heavy (non-hydrogen) atoms. The van der Waals surface area contributed by atoms with Gasteiger partial charge in [-0.15, -0.1) is 0 Å². The molecule has 104 valence electrons. The Hall–Kier alpha value is -1.71. The number of nitrogens with two attached hydrogens (primary N) is 1. The van der Waals surface area contributed by atoms with Gasteiger partial charge in [0.05, 0.1) is 11.4 Å². The molecule has 1 aromatic rings. The molecule has 1 saturated carbocycles. The number of benzene rings is 1. The van der Waals surface area contributed by atoms with Gasteiger partial charge in [0.2, 0.25) is 0 Å². The lowest BCUT2D eigenvalue weighted by Gasteiger charge is -2.19. The van der Waals surface area contributed by atoms with E-state index in [4.69, 9.17) is 5.73 Å². The minimum atomic E-state index is 0.0467. The van der Waals surface area contributed by atoms with E-state index in [0.29, 0.717) is 11.3 Å². The van der Waals surface area contributed by atoms with Gasteiger partial charge in [-0.1, -0.05) is 0 Å². The molecule has 1 amide bonds. The number of carbonyl (C=O) groups is 1. The minimum absolute atomic E-state index is 0.0467. The summed E-state index contributed by atoms with van der Waals surface area (Å²) in [5.74, 6) is 0.849. The molecular weight excluding hydrogens is 238 g/mol. The summed E-state index contributed by atoms with van der Waals surface area (Å²) < 4.78 is 0. The third kappa shape index (κ3) is 3.40. The summed E-state index contributed by atoms with van der Waals surface area (Å²) in [6, 6.07) is 5.54. The maximum absolute atomic E-state index is 12.2. The number of hydrogen-bond acceptors (Lipinski definition) is 3. The number of nitrogens with zero attached hydrogens (tertiary/aromatic N) is 1. The number of rotatable bonds is 6. The fourth-order valence-corrected chi connectivity index (χ4v) is 2.13. The van der Waals surface area contributed by atoms with E-state index in [2.05, 4.69) is 5.32 Å². The molecular formula is C15H23N3O. The zero-order chi connectivity index (χ0) is 13.8. The van der Waals surface area contributed by atoms with E-state index in [-0.39, 0.29) is 5.91 Å². The Balaban J connectivity index is 2.06. The molecule has 2 rings (SSSR count). The fourth-order valence-electron chi connectivity index (χ4n) is 2.13. The SMILES string of the molecule is CCN(CC)C(=O)c1ccc(NCC2CC2)c(N)c1. The molecule has 0 radical (unpaired) electrons. The topological polar surface area (TPSA) is 58.4 Å². The molecule has 0 spiro atoms. The number of carbonyl (C=O) groups excluding carboxylic acids is 1. The van der Waals surface area contributed by atoms with Crippen LogP contribution in [-0.2, 0) is 0 Å². The van der Waals surface area contributed by atoms with E-state index in [0.717, 1.165) is 31.2 Å². The van der Waals surface area contributed by atoms with Crippen LogP contribution in [0.15, 0.2) is 18.2 Å². The van der Waals surface area contributed by atoms with Gasteiger partial charge >= 0.3 is 0 Å². The Morgan fingerprint density at radius 3 is 2.58 bits per heavy atom. The van der Waals surface area contributed by atoms with Crippen LogP contribution in [0.1, 0.15) is 37.0 Å². The molecule has 1 aliphatic carbocycles. The van der Waals surface area contributed by atoms with Gasteiger partial charge in [0.25, 0.3) is 5.91 Å². The highest BCUT2D eigenvalue weighted by Crippen LogP contribution is 2.30. The molecule has 4 heteroatoms. The highest BCUT2D eigenvalue weighted by atomic mass is 16.2. The molecule has 4 nitrogen and oxygen atoms in total. The summed E-state index contributed by atoms with van der Waals surface area (Å²) in [6.07, 6.45) is 2.62. The van der Waals surface area contributed by atoms with Gasteiger partial charge in [-0.3, -0.25) is 4.79 Å². The van der Waals surface area contributed by atoms with E-state index < -0.39 is 0 Å². The van der Waals surface area contributed by atoms with Crippen LogP contribution >= 0.6 is 0 Å². The van der Waals surface area contributed by atoms with E-state index in [1.165, 1.54) is 12.8 Å². The second kappa shape index (κ2) is 5.95. The van der Waals surface area contributed by atoms with Crippen LogP contribution in [-0.4, -0.2) is 30.4 Å². The highest BCUT2D eigenvalue weighted by molar-refractivity contribution is 5.96. The largest absolute Gasteiger partial charge is 0.397 e. The molecule has 0 aromatic heterocycles. The third-order valence-electron chi connectivity index (χ3n) is 3.63. The summed E-state index contributed by atoms with van der Waals surface area (Å²) in [6.45, 7) is 6.38. The average molecular weight is 261 g/mol. The van der Waals surface area contributed by atoms with Crippen molar-refractivity contribution in [1.82, 2.24) is 4.90 Å². The van der Waals surface area contributed by atoms with Crippen LogP contribution in [0.5, 0.6) is 0 Å². The van der Waals surface area contributed by atoms with Gasteiger partial charge in [-0.25, -0.2) is 0 Å². The first kappa shape index (κ1) is 13.7. The highest BCUT2D eigenvalue weighted by Gasteiger charge is 2.21. The molecule has 1 aromatic carbocycles. The van der Waals surface area contributed by atoms with Gasteiger partial charge in [0, 0.05) is 25.2 Å². The van der Waals surface area contributed by atoms with Crippen molar-refractivity contribution in [1.29, 1.82) is 0 Å². The van der Waals surface area contributed by atoms with Crippen molar-refractivity contribution < 1.29 is 4.79 Å². The van der Waals surface area contributed by atoms with Crippen LogP contribution in [0.2, 0.25) is 0 Å². The van der Waals surface area contributed by atoms with Gasteiger partial charge in [-0.2, -0.15) is 0 Å². The average Bonchev–Trinajstić information content (AvgIpc) is 3.22.